The molecule has 0 aliphatic heterocycles. The molecule has 0 aliphatic rings. The van der Waals surface area contributed by atoms with Gasteiger partial charge in [-0.15, -0.1) is 0 Å². The summed E-state index contributed by atoms with van der Waals surface area (Å²) in [6.45, 7) is 6.24. The zero-order valence-corrected chi connectivity index (χ0v) is 11.2. The van der Waals surface area contributed by atoms with E-state index in [0.29, 0.717) is 6.61 Å². The van der Waals surface area contributed by atoms with Gasteiger partial charge in [0.15, 0.2) is 0 Å². The molecule has 0 atom stereocenters. The number of carbonyl (C=O) groups excluding carboxylic acids is 1. The molecule has 1 aromatic carbocycles. The third-order valence-corrected chi connectivity index (χ3v) is 2.24. The fourth-order valence-corrected chi connectivity index (χ4v) is 1.26. The molecule has 0 radical (unpaired) electrons. The highest BCUT2D eigenvalue weighted by Gasteiger charge is 1.93. The Balaban J connectivity index is 0. The first-order chi connectivity index (χ1) is 8.20. The SMILES string of the molecule is C.CC(=O)OCc1ccccc1.CCCCCC. The first-order valence-electron chi connectivity index (χ1n) is 6.38. The Morgan fingerprint density at radius 1 is 1.06 bits per heavy atom. The normalized spacial score (nSPS) is 8.61. The molecule has 0 fully saturated rings. The molecule has 0 saturated heterocycles. The minimum Gasteiger partial charge on any atom is -0.461 e. The van der Waals surface area contributed by atoms with Crippen LogP contribution in [0.3, 0.4) is 0 Å². The van der Waals surface area contributed by atoms with Crippen molar-refractivity contribution in [3.63, 3.8) is 0 Å². The number of unbranched alkanes of at least 4 members (excludes halogenated alkanes) is 3. The number of benzene rings is 1. The summed E-state index contributed by atoms with van der Waals surface area (Å²) >= 11 is 0. The number of esters is 1. The Labute approximate surface area is 112 Å². The molecule has 1 rings (SSSR count). The van der Waals surface area contributed by atoms with Crippen LogP contribution in [0.4, 0.5) is 0 Å². The van der Waals surface area contributed by atoms with Crippen LogP contribution in [-0.4, -0.2) is 5.97 Å². The van der Waals surface area contributed by atoms with Gasteiger partial charge < -0.3 is 4.74 Å². The van der Waals surface area contributed by atoms with Gasteiger partial charge in [-0.05, 0) is 5.56 Å². The van der Waals surface area contributed by atoms with E-state index in [9.17, 15) is 4.79 Å². The summed E-state index contributed by atoms with van der Waals surface area (Å²) < 4.78 is 4.79. The smallest absolute Gasteiger partial charge is 0.302 e. The number of hydrogen-bond donors (Lipinski definition) is 0. The summed E-state index contributed by atoms with van der Waals surface area (Å²) in [6.07, 6.45) is 5.54. The van der Waals surface area contributed by atoms with E-state index >= 15 is 0 Å². The predicted octanol–water partition coefficient (Wildman–Crippen LogP) is 4.97. The molecule has 0 unspecified atom stereocenters. The Hall–Kier alpha value is -1.31. The molecule has 2 nitrogen and oxygen atoms in total. The maximum atomic E-state index is 10.4. The van der Waals surface area contributed by atoms with Crippen LogP contribution in [0.2, 0.25) is 0 Å². The Morgan fingerprint density at radius 2 is 1.56 bits per heavy atom. The second-order valence-corrected chi connectivity index (χ2v) is 3.97. The standard InChI is InChI=1S/C9H10O2.C6H14.CH4/c1-8(10)11-7-9-5-3-2-4-6-9;1-3-5-6-4-2;/h2-6H,7H2,1H3;3-6H2,1-2H3;1H4. The van der Waals surface area contributed by atoms with Crippen molar-refractivity contribution in [1.29, 1.82) is 0 Å². The molecule has 0 amide bonds. The second-order valence-electron chi connectivity index (χ2n) is 3.97. The van der Waals surface area contributed by atoms with Crippen LogP contribution in [0.25, 0.3) is 0 Å². The topological polar surface area (TPSA) is 26.3 Å². The monoisotopic (exact) mass is 252 g/mol. The molecule has 0 spiro atoms. The van der Waals surface area contributed by atoms with Gasteiger partial charge in [0.05, 0.1) is 0 Å². The third-order valence-electron chi connectivity index (χ3n) is 2.24. The lowest BCUT2D eigenvalue weighted by Crippen LogP contribution is -1.97. The summed E-state index contributed by atoms with van der Waals surface area (Å²) in [5.41, 5.74) is 1.02. The van der Waals surface area contributed by atoms with Crippen LogP contribution in [0.1, 0.15) is 59.4 Å². The molecule has 0 aromatic heterocycles. The van der Waals surface area contributed by atoms with Crippen molar-refractivity contribution in [2.24, 2.45) is 0 Å². The van der Waals surface area contributed by atoms with Gasteiger partial charge in [0.25, 0.3) is 0 Å². The van der Waals surface area contributed by atoms with Gasteiger partial charge in [-0.3, -0.25) is 4.79 Å². The highest BCUT2D eigenvalue weighted by atomic mass is 16.5. The van der Waals surface area contributed by atoms with Gasteiger partial charge in [-0.2, -0.15) is 0 Å². The average Bonchev–Trinajstić information content (AvgIpc) is 2.36. The van der Waals surface area contributed by atoms with E-state index in [1.54, 1.807) is 0 Å². The van der Waals surface area contributed by atoms with Gasteiger partial charge >= 0.3 is 5.97 Å². The minimum atomic E-state index is -0.242. The second kappa shape index (κ2) is 13.8. The van der Waals surface area contributed by atoms with Crippen molar-refractivity contribution in [1.82, 2.24) is 0 Å². The molecule has 0 N–H and O–H groups in total. The van der Waals surface area contributed by atoms with E-state index in [2.05, 4.69) is 13.8 Å². The quantitative estimate of drug-likeness (QED) is 0.546. The van der Waals surface area contributed by atoms with Crippen LogP contribution in [0, 0.1) is 0 Å². The van der Waals surface area contributed by atoms with Crippen LogP contribution in [-0.2, 0) is 16.1 Å². The van der Waals surface area contributed by atoms with E-state index in [1.165, 1.54) is 32.6 Å². The number of carbonyl (C=O) groups is 1. The highest BCUT2D eigenvalue weighted by molar-refractivity contribution is 5.65. The molecule has 0 bridgehead atoms. The number of rotatable bonds is 5. The average molecular weight is 252 g/mol. The van der Waals surface area contributed by atoms with Crippen molar-refractivity contribution >= 4 is 5.97 Å². The van der Waals surface area contributed by atoms with Gasteiger partial charge in [-0.25, -0.2) is 0 Å². The summed E-state index contributed by atoms with van der Waals surface area (Å²) in [7, 11) is 0. The van der Waals surface area contributed by atoms with Crippen LogP contribution in [0.5, 0.6) is 0 Å². The molecule has 0 saturated carbocycles. The zero-order valence-electron chi connectivity index (χ0n) is 11.2. The third kappa shape index (κ3) is 12.8. The van der Waals surface area contributed by atoms with Crippen LogP contribution >= 0.6 is 0 Å². The van der Waals surface area contributed by atoms with Gasteiger partial charge in [0.2, 0.25) is 0 Å². The van der Waals surface area contributed by atoms with Gasteiger partial charge in [-0.1, -0.05) is 77.3 Å². The highest BCUT2D eigenvalue weighted by Crippen LogP contribution is 1.99. The summed E-state index contributed by atoms with van der Waals surface area (Å²) in [5, 5.41) is 0. The minimum absolute atomic E-state index is 0. The Morgan fingerprint density at radius 3 is 1.94 bits per heavy atom. The van der Waals surface area contributed by atoms with E-state index in [-0.39, 0.29) is 13.4 Å². The van der Waals surface area contributed by atoms with Crippen molar-refractivity contribution in [3.8, 4) is 0 Å². The molecule has 104 valence electrons. The molecular weight excluding hydrogens is 224 g/mol. The first-order valence-corrected chi connectivity index (χ1v) is 6.38. The van der Waals surface area contributed by atoms with Gasteiger partial charge in [0.1, 0.15) is 6.61 Å². The lowest BCUT2D eigenvalue weighted by Gasteiger charge is -1.99. The van der Waals surface area contributed by atoms with Crippen molar-refractivity contribution in [2.75, 3.05) is 0 Å². The van der Waals surface area contributed by atoms with E-state index in [0.717, 1.165) is 5.56 Å². The van der Waals surface area contributed by atoms with Crippen molar-refractivity contribution in [3.05, 3.63) is 35.9 Å². The summed E-state index contributed by atoms with van der Waals surface area (Å²) in [5.74, 6) is -0.242. The van der Waals surface area contributed by atoms with E-state index in [1.807, 2.05) is 30.3 Å². The summed E-state index contributed by atoms with van der Waals surface area (Å²) in [4.78, 5) is 10.4. The van der Waals surface area contributed by atoms with E-state index < -0.39 is 0 Å². The zero-order chi connectivity index (χ0) is 12.9. The first kappa shape index (κ1) is 19.0. The van der Waals surface area contributed by atoms with Crippen molar-refractivity contribution < 1.29 is 9.53 Å². The number of ether oxygens (including phenoxy) is 1. The van der Waals surface area contributed by atoms with Crippen molar-refractivity contribution in [2.45, 2.75) is 60.5 Å². The number of hydrogen-bond acceptors (Lipinski definition) is 2. The fraction of sp³-hybridized carbons (Fsp3) is 0.562. The maximum Gasteiger partial charge on any atom is 0.302 e. The molecule has 18 heavy (non-hydrogen) atoms. The molecule has 0 heterocycles. The Bertz CT molecular complexity index is 276. The van der Waals surface area contributed by atoms with Crippen LogP contribution in [0.15, 0.2) is 30.3 Å². The molecular formula is C16H28O2. The maximum absolute atomic E-state index is 10.4. The van der Waals surface area contributed by atoms with Gasteiger partial charge in [0, 0.05) is 6.92 Å². The molecule has 1 aromatic rings. The Kier molecular flexibility index (Phi) is 14.5. The van der Waals surface area contributed by atoms with Crippen LogP contribution < -0.4 is 0 Å². The lowest BCUT2D eigenvalue weighted by atomic mass is 10.2. The van der Waals surface area contributed by atoms with E-state index in [4.69, 9.17) is 4.74 Å². The lowest BCUT2D eigenvalue weighted by molar-refractivity contribution is -0.142. The molecule has 2 heteroatoms. The summed E-state index contributed by atoms with van der Waals surface area (Å²) in [6, 6.07) is 9.60. The largest absolute Gasteiger partial charge is 0.461 e. The molecule has 0 aliphatic carbocycles. The fourth-order valence-electron chi connectivity index (χ4n) is 1.26. The predicted molar refractivity (Wildman–Crippen MR) is 78.5 cm³/mol.